The molecule has 0 unspecified atom stereocenters. The Morgan fingerprint density at radius 2 is 1.47 bits per heavy atom. The van der Waals surface area contributed by atoms with Crippen molar-refractivity contribution in [1.82, 2.24) is 0 Å². The van der Waals surface area contributed by atoms with E-state index in [1.807, 2.05) is 0 Å². The van der Waals surface area contributed by atoms with E-state index in [4.69, 9.17) is 9.47 Å². The predicted molar refractivity (Wildman–Crippen MR) is 111 cm³/mol. The molecule has 0 aromatic heterocycles. The maximum atomic E-state index is 14.9. The molecule has 184 valence electrons. The Morgan fingerprint density at radius 1 is 0.853 bits per heavy atom. The maximum absolute atomic E-state index is 14.9. The molecule has 0 N–H and O–H groups in total. The molecule has 0 atom stereocenters. The summed E-state index contributed by atoms with van der Waals surface area (Å²) >= 11 is 0. The minimum Gasteiger partial charge on any atom is -0.432 e. The van der Waals surface area contributed by atoms with Crippen LogP contribution in [-0.2, 0) is 9.47 Å². The first kappa shape index (κ1) is 24.6. The molecule has 3 nitrogen and oxygen atoms in total. The number of hydrogen-bond acceptors (Lipinski definition) is 3. The third kappa shape index (κ3) is 5.25. The van der Waals surface area contributed by atoms with Crippen molar-refractivity contribution in [3.8, 4) is 5.75 Å². The Balaban J connectivity index is 1.40. The zero-order valence-corrected chi connectivity index (χ0v) is 18.2. The van der Waals surface area contributed by atoms with Gasteiger partial charge in [0.05, 0.1) is 19.1 Å². The molecule has 0 bridgehead atoms. The van der Waals surface area contributed by atoms with Gasteiger partial charge in [-0.25, -0.2) is 17.6 Å². The first-order chi connectivity index (χ1) is 16.2. The average molecular weight is 486 g/mol. The van der Waals surface area contributed by atoms with Crippen LogP contribution in [0.2, 0.25) is 0 Å². The van der Waals surface area contributed by atoms with Crippen molar-refractivity contribution in [2.24, 2.45) is 11.8 Å². The third-order valence-electron chi connectivity index (χ3n) is 6.39. The fourth-order valence-electron chi connectivity index (χ4n) is 4.48. The lowest BCUT2D eigenvalue weighted by atomic mass is 9.77. The normalized spacial score (nSPS) is 25.7. The summed E-state index contributed by atoms with van der Waals surface area (Å²) in [4.78, 5) is 0. The van der Waals surface area contributed by atoms with Crippen LogP contribution in [-0.4, -0.2) is 19.3 Å². The lowest BCUT2D eigenvalue weighted by Crippen LogP contribution is -2.37. The van der Waals surface area contributed by atoms with Crippen LogP contribution in [0.15, 0.2) is 43.0 Å². The molecule has 4 rings (SSSR count). The predicted octanol–water partition coefficient (Wildman–Crippen LogP) is 7.04. The van der Waals surface area contributed by atoms with Gasteiger partial charge in [0.2, 0.25) is 0 Å². The smallest absolute Gasteiger partial charge is 0.400 e. The minimum atomic E-state index is -3.64. The molecule has 1 heterocycles. The molecule has 2 fully saturated rings. The zero-order chi connectivity index (χ0) is 24.5. The standard InChI is InChI=1S/C25H24F6O3/c1-2-14-12-32-24(33-13-14)16-9-21(28)23(22(29)10-16)15-3-5-17(6-4-15)25(30,31)34-18-7-8-19(26)20(27)11-18/h2,7-11,14-15,17,24H,1,3-6,12-13H2. The Kier molecular flexibility index (Phi) is 7.23. The number of hydrogen-bond donors (Lipinski definition) is 0. The summed E-state index contributed by atoms with van der Waals surface area (Å²) in [5, 5.41) is 0. The molecule has 9 heteroatoms. The highest BCUT2D eigenvalue weighted by Gasteiger charge is 2.45. The van der Waals surface area contributed by atoms with Crippen molar-refractivity contribution in [2.45, 2.75) is 44.0 Å². The van der Waals surface area contributed by atoms with Gasteiger partial charge in [0.25, 0.3) is 0 Å². The molecule has 2 aromatic rings. The summed E-state index contributed by atoms with van der Waals surface area (Å²) < 4.78 is 101. The Labute approximate surface area is 193 Å². The van der Waals surface area contributed by atoms with E-state index in [9.17, 15) is 26.3 Å². The van der Waals surface area contributed by atoms with Crippen LogP contribution in [0.25, 0.3) is 0 Å². The lowest BCUT2D eigenvalue weighted by Gasteiger charge is -2.34. The minimum absolute atomic E-state index is 0.00425. The Bertz CT molecular complexity index is 1000. The van der Waals surface area contributed by atoms with E-state index in [2.05, 4.69) is 11.3 Å². The SMILES string of the molecule is C=CC1COC(c2cc(F)c(C3CCC(C(F)(F)Oc4ccc(F)c(F)c4)CC3)c(F)c2)OC1. The second-order valence-corrected chi connectivity index (χ2v) is 8.68. The number of benzene rings is 2. The van der Waals surface area contributed by atoms with Gasteiger partial charge in [-0.2, -0.15) is 8.78 Å². The molecule has 0 amide bonds. The fourth-order valence-corrected chi connectivity index (χ4v) is 4.48. The highest BCUT2D eigenvalue weighted by atomic mass is 19.3. The van der Waals surface area contributed by atoms with Gasteiger partial charge in [-0.3, -0.25) is 0 Å². The van der Waals surface area contributed by atoms with Crippen LogP contribution in [0.5, 0.6) is 5.75 Å². The monoisotopic (exact) mass is 486 g/mol. The second-order valence-electron chi connectivity index (χ2n) is 8.68. The van der Waals surface area contributed by atoms with Gasteiger partial charge in [-0.05, 0) is 55.9 Å². The molecule has 2 aromatic carbocycles. The molecule has 1 saturated carbocycles. The van der Waals surface area contributed by atoms with Crippen LogP contribution >= 0.6 is 0 Å². The van der Waals surface area contributed by atoms with E-state index in [0.29, 0.717) is 25.3 Å². The summed E-state index contributed by atoms with van der Waals surface area (Å²) in [7, 11) is 0. The Morgan fingerprint density at radius 3 is 2.03 bits per heavy atom. The molecular formula is C25H24F6O3. The first-order valence-corrected chi connectivity index (χ1v) is 11.0. The average Bonchev–Trinajstić information content (AvgIpc) is 2.81. The molecule has 2 aliphatic rings. The molecule has 0 spiro atoms. The van der Waals surface area contributed by atoms with Gasteiger partial charge >= 0.3 is 6.11 Å². The third-order valence-corrected chi connectivity index (χ3v) is 6.39. The molecule has 34 heavy (non-hydrogen) atoms. The zero-order valence-electron chi connectivity index (χ0n) is 18.2. The summed E-state index contributed by atoms with van der Waals surface area (Å²) in [6.45, 7) is 4.30. The summed E-state index contributed by atoms with van der Waals surface area (Å²) in [6.07, 6.45) is -2.73. The van der Waals surface area contributed by atoms with Crippen molar-refractivity contribution in [3.63, 3.8) is 0 Å². The van der Waals surface area contributed by atoms with Crippen LogP contribution in [0, 0.1) is 35.1 Å². The van der Waals surface area contributed by atoms with Gasteiger partial charge in [-0.15, -0.1) is 6.58 Å². The number of ether oxygens (including phenoxy) is 3. The van der Waals surface area contributed by atoms with Gasteiger partial charge < -0.3 is 14.2 Å². The highest BCUT2D eigenvalue weighted by molar-refractivity contribution is 5.30. The first-order valence-electron chi connectivity index (χ1n) is 11.0. The molecule has 0 radical (unpaired) electrons. The summed E-state index contributed by atoms with van der Waals surface area (Å²) in [6, 6.07) is 4.49. The van der Waals surface area contributed by atoms with E-state index < -0.39 is 53.3 Å². The van der Waals surface area contributed by atoms with Gasteiger partial charge in [-0.1, -0.05) is 6.08 Å². The Hall–Kier alpha value is -2.52. The van der Waals surface area contributed by atoms with Crippen molar-refractivity contribution >= 4 is 0 Å². The molecular weight excluding hydrogens is 462 g/mol. The van der Waals surface area contributed by atoms with Crippen LogP contribution in [0.1, 0.15) is 49.0 Å². The lowest BCUT2D eigenvalue weighted by molar-refractivity contribution is -0.222. The van der Waals surface area contributed by atoms with Crippen molar-refractivity contribution in [1.29, 1.82) is 0 Å². The summed E-state index contributed by atoms with van der Waals surface area (Å²) in [5.41, 5.74) is 0.0632. The van der Waals surface area contributed by atoms with Crippen molar-refractivity contribution in [3.05, 3.63) is 77.4 Å². The largest absolute Gasteiger partial charge is 0.432 e. The van der Waals surface area contributed by atoms with Gasteiger partial charge in [0.1, 0.15) is 17.4 Å². The molecule has 1 aliphatic heterocycles. The number of rotatable bonds is 6. The van der Waals surface area contributed by atoms with E-state index in [1.165, 1.54) is 0 Å². The fraction of sp³-hybridized carbons (Fsp3) is 0.440. The topological polar surface area (TPSA) is 27.7 Å². The highest BCUT2D eigenvalue weighted by Crippen LogP contribution is 2.44. The van der Waals surface area contributed by atoms with Gasteiger partial charge in [0.15, 0.2) is 17.9 Å². The van der Waals surface area contributed by atoms with Crippen LogP contribution < -0.4 is 4.74 Å². The number of halogens is 6. The van der Waals surface area contributed by atoms with Crippen LogP contribution in [0.4, 0.5) is 26.3 Å². The second kappa shape index (κ2) is 10.00. The quantitative estimate of drug-likeness (QED) is 0.324. The molecule has 1 aliphatic carbocycles. The van der Waals surface area contributed by atoms with E-state index in [1.54, 1.807) is 6.08 Å². The van der Waals surface area contributed by atoms with E-state index >= 15 is 0 Å². The molecule has 1 saturated heterocycles. The number of alkyl halides is 2. The van der Waals surface area contributed by atoms with Crippen LogP contribution in [0.3, 0.4) is 0 Å². The van der Waals surface area contributed by atoms with Crippen molar-refractivity contribution in [2.75, 3.05) is 13.2 Å². The van der Waals surface area contributed by atoms with E-state index in [0.717, 1.165) is 18.2 Å². The van der Waals surface area contributed by atoms with Gasteiger partial charge in [0, 0.05) is 23.1 Å². The van der Waals surface area contributed by atoms with Crippen molar-refractivity contribution < 1.29 is 40.6 Å². The van der Waals surface area contributed by atoms with E-state index in [-0.39, 0.29) is 42.7 Å². The maximum Gasteiger partial charge on any atom is 0.400 e. The summed E-state index contributed by atoms with van der Waals surface area (Å²) in [5.74, 6) is -6.32.